The van der Waals surface area contributed by atoms with Crippen LogP contribution in [-0.2, 0) is 11.2 Å². The Kier molecular flexibility index (Phi) is 10.9. The lowest BCUT2D eigenvalue weighted by molar-refractivity contribution is -0.0495. The fourth-order valence-electron chi connectivity index (χ4n) is 3.36. The molecule has 0 amide bonds. The highest BCUT2D eigenvalue weighted by Gasteiger charge is 2.26. The summed E-state index contributed by atoms with van der Waals surface area (Å²) < 4.78 is 40.5. The average Bonchev–Trinajstić information content (AvgIpc) is 3.40. The van der Waals surface area contributed by atoms with Crippen molar-refractivity contribution in [3.63, 3.8) is 0 Å². The quantitative estimate of drug-likeness (QED) is 0.204. The second-order valence-corrected chi connectivity index (χ2v) is 6.90. The number of rotatable bonds is 10. The Morgan fingerprint density at radius 3 is 2.87 bits per heavy atom. The van der Waals surface area contributed by atoms with Gasteiger partial charge in [0.2, 0.25) is 0 Å². The molecule has 31 heavy (non-hydrogen) atoms. The number of alkyl halides is 2. The van der Waals surface area contributed by atoms with Crippen molar-refractivity contribution < 1.29 is 22.7 Å². The molecule has 1 atom stereocenters. The molecule has 2 heterocycles. The van der Waals surface area contributed by atoms with Gasteiger partial charge in [0.15, 0.2) is 5.96 Å². The van der Waals surface area contributed by atoms with Crippen LogP contribution in [0.3, 0.4) is 0 Å². The first-order valence-electron chi connectivity index (χ1n) is 10.0. The predicted molar refractivity (Wildman–Crippen MR) is 127 cm³/mol. The summed E-state index contributed by atoms with van der Waals surface area (Å²) in [5.41, 5.74) is 0.672. The molecule has 0 saturated carbocycles. The number of furan rings is 1. The van der Waals surface area contributed by atoms with Crippen molar-refractivity contribution in [3.05, 3.63) is 48.4 Å². The van der Waals surface area contributed by atoms with Crippen LogP contribution in [-0.4, -0.2) is 58.5 Å². The molecule has 0 bridgehead atoms. The Bertz CT molecular complexity index is 793. The number of nitrogens with zero attached hydrogens (tertiary/aromatic N) is 2. The van der Waals surface area contributed by atoms with Crippen LogP contribution < -0.4 is 20.3 Å². The molecule has 1 saturated heterocycles. The van der Waals surface area contributed by atoms with Gasteiger partial charge < -0.3 is 29.4 Å². The Morgan fingerprint density at radius 1 is 1.29 bits per heavy atom. The molecule has 1 aromatic carbocycles. The van der Waals surface area contributed by atoms with Gasteiger partial charge in [-0.25, -0.2) is 0 Å². The minimum absolute atomic E-state index is 0. The van der Waals surface area contributed by atoms with Gasteiger partial charge in [0.05, 0.1) is 25.1 Å². The van der Waals surface area contributed by atoms with Gasteiger partial charge >= 0.3 is 6.61 Å². The van der Waals surface area contributed by atoms with E-state index >= 15 is 0 Å². The second-order valence-electron chi connectivity index (χ2n) is 6.90. The van der Waals surface area contributed by atoms with E-state index in [1.807, 2.05) is 23.1 Å². The third kappa shape index (κ3) is 8.17. The van der Waals surface area contributed by atoms with Gasteiger partial charge in [0.1, 0.15) is 11.5 Å². The minimum Gasteiger partial charge on any atom is -0.469 e. The van der Waals surface area contributed by atoms with Crippen LogP contribution in [0.25, 0.3) is 0 Å². The second kappa shape index (κ2) is 13.4. The lowest BCUT2D eigenvalue weighted by Gasteiger charge is -2.22. The number of guanidine groups is 1. The number of aliphatic imine (C=N–C) groups is 1. The van der Waals surface area contributed by atoms with Gasteiger partial charge in [-0.05, 0) is 30.7 Å². The third-order valence-corrected chi connectivity index (χ3v) is 4.76. The molecular weight excluding hydrogens is 521 g/mol. The number of para-hydroxylation sites is 2. The number of halogens is 3. The molecule has 1 unspecified atom stereocenters. The number of methoxy groups -OCH3 is 1. The Hall–Kier alpha value is -2.08. The summed E-state index contributed by atoms with van der Waals surface area (Å²) in [7, 11) is 1.64. The van der Waals surface area contributed by atoms with Crippen molar-refractivity contribution in [2.45, 2.75) is 25.5 Å². The molecule has 7 nitrogen and oxygen atoms in total. The van der Waals surface area contributed by atoms with E-state index in [2.05, 4.69) is 20.4 Å². The lowest BCUT2D eigenvalue weighted by Crippen LogP contribution is -2.45. The van der Waals surface area contributed by atoms with Crippen molar-refractivity contribution in [2.75, 3.05) is 44.8 Å². The van der Waals surface area contributed by atoms with Crippen LogP contribution in [0, 0.1) is 0 Å². The van der Waals surface area contributed by atoms with E-state index in [0.29, 0.717) is 37.9 Å². The standard InChI is InChI=1S/C21H28F2N4O3.HI/c1-28-14-11-25-21(24-10-8-17-5-4-13-29-17)26-16-9-12-27(15-16)18-6-2-3-7-19(18)30-20(22)23;/h2-7,13,16,20H,8-12,14-15H2,1H3,(H2,24,25,26);1H. The zero-order chi connectivity index (χ0) is 21.2. The lowest BCUT2D eigenvalue weighted by atomic mass is 10.2. The number of ether oxygens (including phenoxy) is 2. The molecule has 10 heteroatoms. The van der Waals surface area contributed by atoms with Crippen LogP contribution in [0.5, 0.6) is 5.75 Å². The maximum atomic E-state index is 12.7. The molecule has 1 fully saturated rings. The summed E-state index contributed by atoms with van der Waals surface area (Å²) in [6, 6.07) is 10.8. The number of anilines is 1. The first-order chi connectivity index (χ1) is 14.7. The van der Waals surface area contributed by atoms with E-state index in [1.54, 1.807) is 31.6 Å². The normalized spacial score (nSPS) is 16.3. The molecule has 2 aromatic rings. The zero-order valence-corrected chi connectivity index (χ0v) is 19.8. The van der Waals surface area contributed by atoms with Crippen molar-refractivity contribution in [1.29, 1.82) is 0 Å². The fourth-order valence-corrected chi connectivity index (χ4v) is 3.36. The van der Waals surface area contributed by atoms with Gasteiger partial charge in [0, 0.05) is 39.2 Å². The minimum atomic E-state index is -2.85. The van der Waals surface area contributed by atoms with Crippen molar-refractivity contribution in [1.82, 2.24) is 10.6 Å². The summed E-state index contributed by atoms with van der Waals surface area (Å²) in [4.78, 5) is 6.59. The maximum absolute atomic E-state index is 12.7. The first kappa shape index (κ1) is 25.2. The zero-order valence-electron chi connectivity index (χ0n) is 17.4. The highest BCUT2D eigenvalue weighted by atomic mass is 127. The van der Waals surface area contributed by atoms with Crippen LogP contribution in [0.15, 0.2) is 52.1 Å². The number of benzene rings is 1. The van der Waals surface area contributed by atoms with Crippen LogP contribution in [0.4, 0.5) is 14.5 Å². The van der Waals surface area contributed by atoms with Crippen LogP contribution >= 0.6 is 24.0 Å². The van der Waals surface area contributed by atoms with Crippen LogP contribution in [0.1, 0.15) is 12.2 Å². The van der Waals surface area contributed by atoms with Crippen molar-refractivity contribution in [2.24, 2.45) is 4.99 Å². The van der Waals surface area contributed by atoms with Gasteiger partial charge in [-0.1, -0.05) is 12.1 Å². The molecular formula is C21H29F2IN4O3. The molecule has 0 aliphatic carbocycles. The molecule has 3 rings (SSSR count). The summed E-state index contributed by atoms with van der Waals surface area (Å²) in [5, 5.41) is 6.75. The Morgan fingerprint density at radius 2 is 2.13 bits per heavy atom. The summed E-state index contributed by atoms with van der Waals surface area (Å²) in [6.45, 7) is 0.286. The number of hydrogen-bond donors (Lipinski definition) is 2. The molecule has 0 spiro atoms. The monoisotopic (exact) mass is 550 g/mol. The molecule has 1 aromatic heterocycles. The first-order valence-corrected chi connectivity index (χ1v) is 10.0. The Balaban J connectivity index is 0.00000341. The molecule has 1 aliphatic rings. The van der Waals surface area contributed by atoms with E-state index in [1.165, 1.54) is 0 Å². The van der Waals surface area contributed by atoms with Gasteiger partial charge in [0.25, 0.3) is 0 Å². The highest BCUT2D eigenvalue weighted by Crippen LogP contribution is 2.31. The smallest absolute Gasteiger partial charge is 0.387 e. The molecule has 1 aliphatic heterocycles. The third-order valence-electron chi connectivity index (χ3n) is 4.76. The summed E-state index contributed by atoms with van der Waals surface area (Å²) in [6.07, 6.45) is 3.25. The van der Waals surface area contributed by atoms with Gasteiger partial charge in [-0.2, -0.15) is 8.78 Å². The number of nitrogens with one attached hydrogen (secondary N) is 2. The van der Waals surface area contributed by atoms with E-state index in [0.717, 1.165) is 25.1 Å². The Labute approximate surface area is 198 Å². The fraction of sp³-hybridized carbons (Fsp3) is 0.476. The predicted octanol–water partition coefficient (Wildman–Crippen LogP) is 3.50. The number of hydrogen-bond acceptors (Lipinski definition) is 5. The van der Waals surface area contributed by atoms with Gasteiger partial charge in [-0.15, -0.1) is 24.0 Å². The van der Waals surface area contributed by atoms with E-state index < -0.39 is 6.61 Å². The summed E-state index contributed by atoms with van der Waals surface area (Å²) in [5.74, 6) is 1.79. The highest BCUT2D eigenvalue weighted by molar-refractivity contribution is 14.0. The van der Waals surface area contributed by atoms with E-state index in [9.17, 15) is 8.78 Å². The summed E-state index contributed by atoms with van der Waals surface area (Å²) >= 11 is 0. The SMILES string of the molecule is COCCN=C(NCCc1ccco1)NC1CCN(c2ccccc2OC(F)F)C1.I. The topological polar surface area (TPSA) is 71.3 Å². The van der Waals surface area contributed by atoms with Crippen molar-refractivity contribution in [3.8, 4) is 5.75 Å². The molecule has 0 radical (unpaired) electrons. The van der Waals surface area contributed by atoms with Crippen LogP contribution in [0.2, 0.25) is 0 Å². The van der Waals surface area contributed by atoms with E-state index in [4.69, 9.17) is 9.15 Å². The largest absolute Gasteiger partial charge is 0.469 e. The molecule has 172 valence electrons. The van der Waals surface area contributed by atoms with Crippen molar-refractivity contribution >= 4 is 35.6 Å². The van der Waals surface area contributed by atoms with E-state index in [-0.39, 0.29) is 35.8 Å². The molecule has 2 N–H and O–H groups in total. The average molecular weight is 550 g/mol. The maximum Gasteiger partial charge on any atom is 0.387 e. The van der Waals surface area contributed by atoms with Gasteiger partial charge in [-0.3, -0.25) is 4.99 Å².